The predicted octanol–water partition coefficient (Wildman–Crippen LogP) is 2.91. The Balaban J connectivity index is 2.83. The van der Waals surface area contributed by atoms with Gasteiger partial charge in [0.15, 0.2) is 11.5 Å². The third-order valence-electron chi connectivity index (χ3n) is 2.41. The van der Waals surface area contributed by atoms with E-state index >= 15 is 0 Å². The first kappa shape index (κ1) is 11.7. The van der Waals surface area contributed by atoms with Crippen molar-refractivity contribution in [2.45, 2.75) is 26.3 Å². The van der Waals surface area contributed by atoms with Crippen molar-refractivity contribution in [1.82, 2.24) is 0 Å². The van der Waals surface area contributed by atoms with Gasteiger partial charge in [0, 0.05) is 17.8 Å². The molecule has 0 spiro atoms. The Bertz CT molecular complexity index is 312. The molecule has 0 saturated heterocycles. The molecule has 1 rings (SSSR count). The number of benzene rings is 1. The van der Waals surface area contributed by atoms with Crippen LogP contribution < -0.4 is 14.8 Å². The number of rotatable bonds is 5. The van der Waals surface area contributed by atoms with Gasteiger partial charge in [-0.25, -0.2) is 0 Å². The zero-order valence-corrected chi connectivity index (χ0v) is 9.83. The average Bonchev–Trinajstić information content (AvgIpc) is 2.28. The highest BCUT2D eigenvalue weighted by Crippen LogP contribution is 2.29. The summed E-state index contributed by atoms with van der Waals surface area (Å²) in [6, 6.07) is 6.31. The van der Waals surface area contributed by atoms with Gasteiger partial charge in [0.25, 0.3) is 0 Å². The molecule has 0 bridgehead atoms. The van der Waals surface area contributed by atoms with E-state index < -0.39 is 0 Å². The van der Waals surface area contributed by atoms with E-state index in [1.54, 1.807) is 14.2 Å². The molecule has 15 heavy (non-hydrogen) atoms. The minimum absolute atomic E-state index is 0.461. The Kier molecular flexibility index (Phi) is 4.28. The first-order chi connectivity index (χ1) is 7.21. The quantitative estimate of drug-likeness (QED) is 0.808. The molecule has 0 aliphatic carbocycles. The molecule has 0 aliphatic rings. The number of hydrogen-bond acceptors (Lipinski definition) is 3. The molecule has 1 N–H and O–H groups in total. The van der Waals surface area contributed by atoms with Gasteiger partial charge in [-0.3, -0.25) is 0 Å². The van der Waals surface area contributed by atoms with Crippen molar-refractivity contribution in [2.75, 3.05) is 19.5 Å². The fourth-order valence-electron chi connectivity index (χ4n) is 1.31. The van der Waals surface area contributed by atoms with Gasteiger partial charge >= 0.3 is 0 Å². The highest BCUT2D eigenvalue weighted by atomic mass is 16.5. The van der Waals surface area contributed by atoms with Crippen LogP contribution in [0.4, 0.5) is 5.69 Å². The van der Waals surface area contributed by atoms with E-state index in [9.17, 15) is 0 Å². The van der Waals surface area contributed by atoms with Crippen molar-refractivity contribution in [3.63, 3.8) is 0 Å². The van der Waals surface area contributed by atoms with E-state index in [0.717, 1.165) is 23.6 Å². The van der Waals surface area contributed by atoms with Gasteiger partial charge in [0.05, 0.1) is 14.2 Å². The normalized spacial score (nSPS) is 12.0. The maximum absolute atomic E-state index is 5.23. The number of nitrogens with one attached hydrogen (secondary N) is 1. The maximum Gasteiger partial charge on any atom is 0.162 e. The Labute approximate surface area is 91.4 Å². The van der Waals surface area contributed by atoms with Gasteiger partial charge in [0.2, 0.25) is 0 Å². The minimum atomic E-state index is 0.461. The van der Waals surface area contributed by atoms with Crippen LogP contribution in [0.25, 0.3) is 0 Å². The fraction of sp³-hybridized carbons (Fsp3) is 0.500. The van der Waals surface area contributed by atoms with Gasteiger partial charge in [-0.15, -0.1) is 0 Å². The van der Waals surface area contributed by atoms with Crippen LogP contribution in [0.2, 0.25) is 0 Å². The summed E-state index contributed by atoms with van der Waals surface area (Å²) in [5.74, 6) is 1.51. The molecule has 3 nitrogen and oxygen atoms in total. The lowest BCUT2D eigenvalue weighted by atomic mass is 10.2. The smallest absolute Gasteiger partial charge is 0.162 e. The zero-order valence-electron chi connectivity index (χ0n) is 9.83. The summed E-state index contributed by atoms with van der Waals surface area (Å²) in [5, 5.41) is 3.38. The number of hydrogen-bond donors (Lipinski definition) is 1. The zero-order chi connectivity index (χ0) is 11.3. The molecule has 0 amide bonds. The summed E-state index contributed by atoms with van der Waals surface area (Å²) in [6.45, 7) is 4.30. The molecule has 1 aromatic carbocycles. The highest BCUT2D eigenvalue weighted by Gasteiger charge is 2.05. The van der Waals surface area contributed by atoms with Crippen LogP contribution in [0.3, 0.4) is 0 Å². The van der Waals surface area contributed by atoms with Crippen LogP contribution in [-0.4, -0.2) is 20.3 Å². The molecule has 1 atom stereocenters. The van der Waals surface area contributed by atoms with Gasteiger partial charge in [-0.1, -0.05) is 6.92 Å². The van der Waals surface area contributed by atoms with Crippen LogP contribution in [0, 0.1) is 0 Å². The fourth-order valence-corrected chi connectivity index (χ4v) is 1.31. The Morgan fingerprint density at radius 3 is 2.40 bits per heavy atom. The van der Waals surface area contributed by atoms with Crippen molar-refractivity contribution in [3.05, 3.63) is 18.2 Å². The van der Waals surface area contributed by atoms with E-state index in [1.165, 1.54) is 0 Å². The van der Waals surface area contributed by atoms with Gasteiger partial charge in [-0.05, 0) is 25.5 Å². The van der Waals surface area contributed by atoms with Crippen LogP contribution >= 0.6 is 0 Å². The molecule has 0 heterocycles. The van der Waals surface area contributed by atoms with Gasteiger partial charge in [-0.2, -0.15) is 0 Å². The molecule has 0 fully saturated rings. The number of ether oxygens (including phenoxy) is 2. The third-order valence-corrected chi connectivity index (χ3v) is 2.41. The van der Waals surface area contributed by atoms with Gasteiger partial charge < -0.3 is 14.8 Å². The molecular weight excluding hydrogens is 190 g/mol. The molecule has 0 aromatic heterocycles. The Morgan fingerprint density at radius 2 is 1.87 bits per heavy atom. The van der Waals surface area contributed by atoms with Gasteiger partial charge in [0.1, 0.15) is 0 Å². The molecule has 1 aromatic rings. The van der Waals surface area contributed by atoms with Crippen LogP contribution in [0.1, 0.15) is 20.3 Å². The van der Waals surface area contributed by atoms with Crippen molar-refractivity contribution in [3.8, 4) is 11.5 Å². The molecular formula is C12H19NO2. The van der Waals surface area contributed by atoms with E-state index in [0.29, 0.717) is 6.04 Å². The lowest BCUT2D eigenvalue weighted by Crippen LogP contribution is -2.13. The Hall–Kier alpha value is -1.38. The number of methoxy groups -OCH3 is 2. The first-order valence-corrected chi connectivity index (χ1v) is 5.19. The molecule has 0 saturated carbocycles. The van der Waals surface area contributed by atoms with E-state index in [-0.39, 0.29) is 0 Å². The summed E-state index contributed by atoms with van der Waals surface area (Å²) in [5.41, 5.74) is 1.06. The second kappa shape index (κ2) is 5.49. The lowest BCUT2D eigenvalue weighted by Gasteiger charge is -2.15. The SMILES string of the molecule is CC[C@@H](C)Nc1ccc(OC)c(OC)c1. The van der Waals surface area contributed by atoms with Crippen molar-refractivity contribution in [2.24, 2.45) is 0 Å². The summed E-state index contributed by atoms with van der Waals surface area (Å²) < 4.78 is 10.4. The maximum atomic E-state index is 5.23. The third kappa shape index (κ3) is 3.05. The summed E-state index contributed by atoms with van der Waals surface area (Å²) >= 11 is 0. The molecule has 0 radical (unpaired) electrons. The van der Waals surface area contributed by atoms with Crippen molar-refractivity contribution >= 4 is 5.69 Å². The van der Waals surface area contributed by atoms with Crippen LogP contribution in [-0.2, 0) is 0 Å². The summed E-state index contributed by atoms with van der Waals surface area (Å²) in [7, 11) is 3.28. The second-order valence-electron chi connectivity index (χ2n) is 3.52. The standard InChI is InChI=1S/C12H19NO2/c1-5-9(2)13-10-6-7-11(14-3)12(8-10)15-4/h6-9,13H,5H2,1-4H3/t9-/m1/s1. The largest absolute Gasteiger partial charge is 0.493 e. The first-order valence-electron chi connectivity index (χ1n) is 5.19. The number of anilines is 1. The topological polar surface area (TPSA) is 30.5 Å². The van der Waals surface area contributed by atoms with E-state index in [1.807, 2.05) is 18.2 Å². The summed E-state index contributed by atoms with van der Waals surface area (Å²) in [6.07, 6.45) is 1.09. The monoisotopic (exact) mass is 209 g/mol. The molecule has 0 aliphatic heterocycles. The highest BCUT2D eigenvalue weighted by molar-refractivity contribution is 5.55. The van der Waals surface area contributed by atoms with Crippen LogP contribution in [0.5, 0.6) is 11.5 Å². The predicted molar refractivity (Wildman–Crippen MR) is 62.9 cm³/mol. The van der Waals surface area contributed by atoms with Crippen molar-refractivity contribution in [1.29, 1.82) is 0 Å². The van der Waals surface area contributed by atoms with Crippen molar-refractivity contribution < 1.29 is 9.47 Å². The molecule has 0 unspecified atom stereocenters. The lowest BCUT2D eigenvalue weighted by molar-refractivity contribution is 0.355. The average molecular weight is 209 g/mol. The van der Waals surface area contributed by atoms with E-state index in [4.69, 9.17) is 9.47 Å². The molecule has 84 valence electrons. The minimum Gasteiger partial charge on any atom is -0.493 e. The van der Waals surface area contributed by atoms with Crippen LogP contribution in [0.15, 0.2) is 18.2 Å². The summed E-state index contributed by atoms with van der Waals surface area (Å²) in [4.78, 5) is 0. The van der Waals surface area contributed by atoms with E-state index in [2.05, 4.69) is 19.2 Å². The second-order valence-corrected chi connectivity index (χ2v) is 3.52. The molecule has 3 heteroatoms. The Morgan fingerprint density at radius 1 is 1.20 bits per heavy atom.